The average Bonchev–Trinajstić information content (AvgIpc) is 2.33. The van der Waals surface area contributed by atoms with E-state index in [4.69, 9.17) is 10.5 Å². The zero-order valence-corrected chi connectivity index (χ0v) is 10.9. The van der Waals surface area contributed by atoms with E-state index in [0.717, 1.165) is 11.1 Å². The second-order valence-electron chi connectivity index (χ2n) is 3.56. The van der Waals surface area contributed by atoms with Crippen LogP contribution >= 0.6 is 15.9 Å². The monoisotopic (exact) mass is 293 g/mol. The summed E-state index contributed by atoms with van der Waals surface area (Å²) in [5, 5.41) is 0. The minimum atomic E-state index is 0.437. The number of hydrogen-bond donors (Lipinski definition) is 1. The Morgan fingerprint density at radius 2 is 2.24 bits per heavy atom. The summed E-state index contributed by atoms with van der Waals surface area (Å²) in [6.45, 7) is 0.569. The van der Waals surface area contributed by atoms with Crippen LogP contribution in [-0.4, -0.2) is 17.1 Å². The van der Waals surface area contributed by atoms with Gasteiger partial charge in [0.1, 0.15) is 5.82 Å². The van der Waals surface area contributed by atoms with Crippen molar-refractivity contribution in [2.75, 3.05) is 12.8 Å². The van der Waals surface area contributed by atoms with Gasteiger partial charge in [-0.15, -0.1) is 0 Å². The molecule has 0 spiro atoms. The molecule has 0 radical (unpaired) electrons. The summed E-state index contributed by atoms with van der Waals surface area (Å²) >= 11 is 3.27. The summed E-state index contributed by atoms with van der Waals surface area (Å²) in [4.78, 5) is 8.45. The van der Waals surface area contributed by atoms with Gasteiger partial charge < -0.3 is 10.5 Å². The first-order valence-corrected chi connectivity index (χ1v) is 5.86. The highest BCUT2D eigenvalue weighted by Crippen LogP contribution is 2.21. The molecular formula is C12H12BrN3O. The van der Waals surface area contributed by atoms with E-state index in [2.05, 4.69) is 25.9 Å². The third-order valence-electron chi connectivity index (χ3n) is 2.27. The molecular weight excluding hydrogens is 282 g/mol. The van der Waals surface area contributed by atoms with Gasteiger partial charge in [0.05, 0.1) is 11.1 Å². The van der Waals surface area contributed by atoms with Gasteiger partial charge in [-0.3, -0.25) is 0 Å². The first-order valence-electron chi connectivity index (χ1n) is 5.07. The fraction of sp³-hybridized carbons (Fsp3) is 0.167. The molecule has 0 aliphatic carbocycles. The Bertz CT molecular complexity index is 531. The zero-order chi connectivity index (χ0) is 12.3. The predicted octanol–water partition coefficient (Wildman–Crippen LogP) is 2.63. The highest BCUT2D eigenvalue weighted by Gasteiger charge is 2.05. The SMILES string of the molecule is COCc1cccc(-c2ncc(Br)c(N)n2)c1. The molecule has 1 heterocycles. The van der Waals surface area contributed by atoms with Crippen LogP contribution in [0.3, 0.4) is 0 Å². The van der Waals surface area contributed by atoms with Crippen molar-refractivity contribution in [3.63, 3.8) is 0 Å². The Morgan fingerprint density at radius 1 is 1.41 bits per heavy atom. The standard InChI is InChI=1S/C12H12BrN3O/c1-17-7-8-3-2-4-9(5-8)12-15-6-10(13)11(14)16-12/h2-6H,7H2,1H3,(H2,14,15,16). The molecule has 1 aromatic carbocycles. The number of halogens is 1. The minimum Gasteiger partial charge on any atom is -0.383 e. The Hall–Kier alpha value is -1.46. The van der Waals surface area contributed by atoms with Crippen LogP contribution in [0.2, 0.25) is 0 Å². The third-order valence-corrected chi connectivity index (χ3v) is 2.88. The number of benzene rings is 1. The van der Waals surface area contributed by atoms with Crippen LogP contribution in [0.5, 0.6) is 0 Å². The molecule has 88 valence electrons. The van der Waals surface area contributed by atoms with Gasteiger partial charge in [-0.1, -0.05) is 18.2 Å². The Morgan fingerprint density at radius 3 is 2.94 bits per heavy atom. The van der Waals surface area contributed by atoms with E-state index < -0.39 is 0 Å². The molecule has 0 amide bonds. The van der Waals surface area contributed by atoms with Gasteiger partial charge in [0.15, 0.2) is 5.82 Å². The molecule has 5 heteroatoms. The molecule has 17 heavy (non-hydrogen) atoms. The van der Waals surface area contributed by atoms with Gasteiger partial charge in [0.2, 0.25) is 0 Å². The highest BCUT2D eigenvalue weighted by molar-refractivity contribution is 9.10. The Balaban J connectivity index is 2.38. The smallest absolute Gasteiger partial charge is 0.161 e. The van der Waals surface area contributed by atoms with Gasteiger partial charge in [-0.25, -0.2) is 9.97 Å². The van der Waals surface area contributed by atoms with E-state index in [9.17, 15) is 0 Å². The number of rotatable bonds is 3. The van der Waals surface area contributed by atoms with Crippen molar-refractivity contribution < 1.29 is 4.74 Å². The normalized spacial score (nSPS) is 10.5. The molecule has 0 aliphatic rings. The molecule has 0 bridgehead atoms. The van der Waals surface area contributed by atoms with Gasteiger partial charge >= 0.3 is 0 Å². The van der Waals surface area contributed by atoms with Crippen molar-refractivity contribution in [2.24, 2.45) is 0 Å². The second-order valence-corrected chi connectivity index (χ2v) is 4.41. The first kappa shape index (κ1) is 12.0. The molecule has 0 atom stereocenters. The summed E-state index contributed by atoms with van der Waals surface area (Å²) < 4.78 is 5.79. The lowest BCUT2D eigenvalue weighted by molar-refractivity contribution is 0.185. The van der Waals surface area contributed by atoms with E-state index >= 15 is 0 Å². The molecule has 4 nitrogen and oxygen atoms in total. The maximum atomic E-state index is 5.73. The number of hydrogen-bond acceptors (Lipinski definition) is 4. The third kappa shape index (κ3) is 2.81. The van der Waals surface area contributed by atoms with Crippen LogP contribution in [0.25, 0.3) is 11.4 Å². The minimum absolute atomic E-state index is 0.437. The largest absolute Gasteiger partial charge is 0.383 e. The van der Waals surface area contributed by atoms with Crippen LogP contribution < -0.4 is 5.73 Å². The number of nitrogens with zero attached hydrogens (tertiary/aromatic N) is 2. The first-order chi connectivity index (χ1) is 8.20. The summed E-state index contributed by atoms with van der Waals surface area (Å²) in [6, 6.07) is 7.88. The molecule has 2 aromatic rings. The van der Waals surface area contributed by atoms with Gasteiger partial charge in [-0.2, -0.15) is 0 Å². The number of nitrogen functional groups attached to an aromatic ring is 1. The Labute approximate surface area is 108 Å². The fourth-order valence-electron chi connectivity index (χ4n) is 1.49. The van der Waals surface area contributed by atoms with E-state index in [0.29, 0.717) is 22.7 Å². The molecule has 1 aromatic heterocycles. The summed E-state index contributed by atoms with van der Waals surface area (Å²) in [5.74, 6) is 1.05. The van der Waals surface area contributed by atoms with Crippen molar-refractivity contribution in [1.82, 2.24) is 9.97 Å². The van der Waals surface area contributed by atoms with E-state index in [1.54, 1.807) is 13.3 Å². The van der Waals surface area contributed by atoms with Crippen molar-refractivity contribution in [3.8, 4) is 11.4 Å². The molecule has 0 fully saturated rings. The maximum Gasteiger partial charge on any atom is 0.161 e. The fourth-order valence-corrected chi connectivity index (χ4v) is 1.68. The van der Waals surface area contributed by atoms with Crippen LogP contribution in [0.15, 0.2) is 34.9 Å². The molecule has 2 N–H and O–H groups in total. The molecule has 0 saturated heterocycles. The predicted molar refractivity (Wildman–Crippen MR) is 70.3 cm³/mol. The summed E-state index contributed by atoms with van der Waals surface area (Å²) in [6.07, 6.45) is 1.65. The zero-order valence-electron chi connectivity index (χ0n) is 9.35. The summed E-state index contributed by atoms with van der Waals surface area (Å²) in [7, 11) is 1.67. The number of aromatic nitrogens is 2. The lowest BCUT2D eigenvalue weighted by Gasteiger charge is -2.05. The molecule has 0 unspecified atom stereocenters. The number of ether oxygens (including phenoxy) is 1. The number of methoxy groups -OCH3 is 1. The number of nitrogens with two attached hydrogens (primary N) is 1. The topological polar surface area (TPSA) is 61.0 Å². The van der Waals surface area contributed by atoms with Crippen molar-refractivity contribution in [3.05, 3.63) is 40.5 Å². The summed E-state index contributed by atoms with van der Waals surface area (Å²) in [5.41, 5.74) is 7.74. The van der Waals surface area contributed by atoms with Crippen LogP contribution in [0, 0.1) is 0 Å². The van der Waals surface area contributed by atoms with E-state index in [1.807, 2.05) is 24.3 Å². The highest BCUT2D eigenvalue weighted by atomic mass is 79.9. The van der Waals surface area contributed by atoms with Gasteiger partial charge in [0, 0.05) is 18.9 Å². The molecule has 0 saturated carbocycles. The molecule has 2 rings (SSSR count). The van der Waals surface area contributed by atoms with Crippen molar-refractivity contribution in [1.29, 1.82) is 0 Å². The van der Waals surface area contributed by atoms with Crippen LogP contribution in [-0.2, 0) is 11.3 Å². The van der Waals surface area contributed by atoms with E-state index in [1.165, 1.54) is 0 Å². The maximum absolute atomic E-state index is 5.73. The van der Waals surface area contributed by atoms with Gasteiger partial charge in [-0.05, 0) is 27.6 Å². The number of anilines is 1. The quantitative estimate of drug-likeness (QED) is 0.945. The average molecular weight is 294 g/mol. The van der Waals surface area contributed by atoms with Gasteiger partial charge in [0.25, 0.3) is 0 Å². The van der Waals surface area contributed by atoms with Crippen molar-refractivity contribution in [2.45, 2.75) is 6.61 Å². The second kappa shape index (κ2) is 5.25. The lowest BCUT2D eigenvalue weighted by Crippen LogP contribution is -1.97. The van der Waals surface area contributed by atoms with Crippen molar-refractivity contribution >= 4 is 21.7 Å². The van der Waals surface area contributed by atoms with Crippen LogP contribution in [0.1, 0.15) is 5.56 Å². The van der Waals surface area contributed by atoms with E-state index in [-0.39, 0.29) is 0 Å². The molecule has 0 aliphatic heterocycles. The lowest BCUT2D eigenvalue weighted by atomic mass is 10.1. The Kier molecular flexibility index (Phi) is 3.71. The van der Waals surface area contributed by atoms with Crippen LogP contribution in [0.4, 0.5) is 5.82 Å².